The molecule has 2 amide bonds. The molecule has 2 heterocycles. The predicted molar refractivity (Wildman–Crippen MR) is 101 cm³/mol. The van der Waals surface area contributed by atoms with Gasteiger partial charge in [0.25, 0.3) is 0 Å². The first-order chi connectivity index (χ1) is 11.6. The van der Waals surface area contributed by atoms with Crippen LogP contribution >= 0.6 is 12.4 Å². The monoisotopic (exact) mass is 364 g/mol. The molecule has 1 aromatic carbocycles. The summed E-state index contributed by atoms with van der Waals surface area (Å²) in [6.07, 6.45) is 5.58. The van der Waals surface area contributed by atoms with Gasteiger partial charge in [0.05, 0.1) is 12.6 Å². The quantitative estimate of drug-likeness (QED) is 0.752. The first-order valence-corrected chi connectivity index (χ1v) is 8.51. The van der Waals surface area contributed by atoms with Crippen molar-refractivity contribution in [3.05, 3.63) is 36.0 Å². The Hall–Kier alpha value is -2.05. The van der Waals surface area contributed by atoms with Crippen molar-refractivity contribution in [1.29, 1.82) is 0 Å². The van der Waals surface area contributed by atoms with Gasteiger partial charge in [-0.15, -0.1) is 12.4 Å². The van der Waals surface area contributed by atoms with Crippen LogP contribution in [0.1, 0.15) is 24.8 Å². The third-order valence-corrected chi connectivity index (χ3v) is 4.57. The lowest BCUT2D eigenvalue weighted by molar-refractivity contribution is -0.133. The van der Waals surface area contributed by atoms with E-state index in [9.17, 15) is 9.59 Å². The molecule has 0 aliphatic carbocycles. The maximum atomic E-state index is 12.2. The molecule has 0 radical (unpaired) electrons. The lowest BCUT2D eigenvalue weighted by Crippen LogP contribution is -2.47. The van der Waals surface area contributed by atoms with Crippen LogP contribution in [0.3, 0.4) is 0 Å². The fourth-order valence-corrected chi connectivity index (χ4v) is 3.18. The normalized spacial score (nSPS) is 15.5. The molecule has 1 aromatic heterocycles. The summed E-state index contributed by atoms with van der Waals surface area (Å²) in [4.78, 5) is 29.2. The molecule has 0 spiro atoms. The van der Waals surface area contributed by atoms with Crippen LogP contribution in [-0.4, -0.2) is 47.4 Å². The third-order valence-electron chi connectivity index (χ3n) is 4.57. The Morgan fingerprint density at radius 1 is 1.20 bits per heavy atom. The number of hydrogen-bond acceptors (Lipinski definition) is 3. The summed E-state index contributed by atoms with van der Waals surface area (Å²) < 4.78 is 0. The maximum absolute atomic E-state index is 12.2. The van der Waals surface area contributed by atoms with Crippen LogP contribution in [0.2, 0.25) is 0 Å². The van der Waals surface area contributed by atoms with E-state index in [0.29, 0.717) is 6.42 Å². The van der Waals surface area contributed by atoms with Crippen LogP contribution in [0.5, 0.6) is 0 Å². The minimum Gasteiger partial charge on any atom is -0.361 e. The SMILES string of the molecule is Cl.N[C@@H](Cc1c[nH]c2ccccc12)C(=O)NCC(=O)N1CCCCC1. The van der Waals surface area contributed by atoms with Gasteiger partial charge in [0, 0.05) is 30.2 Å². The number of aromatic amines is 1. The van der Waals surface area contributed by atoms with Crippen LogP contribution in [0.15, 0.2) is 30.5 Å². The van der Waals surface area contributed by atoms with Crippen molar-refractivity contribution in [1.82, 2.24) is 15.2 Å². The van der Waals surface area contributed by atoms with E-state index in [1.54, 1.807) is 0 Å². The molecule has 1 aliphatic heterocycles. The Morgan fingerprint density at radius 3 is 2.68 bits per heavy atom. The molecule has 6 nitrogen and oxygen atoms in total. The third kappa shape index (κ3) is 4.74. The molecule has 0 unspecified atom stereocenters. The molecule has 25 heavy (non-hydrogen) atoms. The van der Waals surface area contributed by atoms with Crippen molar-refractivity contribution < 1.29 is 9.59 Å². The summed E-state index contributed by atoms with van der Waals surface area (Å²) in [7, 11) is 0. The zero-order valence-electron chi connectivity index (χ0n) is 14.2. The van der Waals surface area contributed by atoms with E-state index in [0.717, 1.165) is 42.4 Å². The summed E-state index contributed by atoms with van der Waals surface area (Å²) in [5, 5.41) is 3.75. The highest BCUT2D eigenvalue weighted by atomic mass is 35.5. The molecule has 1 fully saturated rings. The Bertz CT molecular complexity index is 725. The predicted octanol–water partition coefficient (Wildman–Crippen LogP) is 1.59. The van der Waals surface area contributed by atoms with Crippen molar-refractivity contribution in [2.45, 2.75) is 31.7 Å². The molecular formula is C18H25ClN4O2. The Labute approximate surface area is 153 Å². The molecule has 0 bridgehead atoms. The van der Waals surface area contributed by atoms with Crippen molar-refractivity contribution in [2.24, 2.45) is 5.73 Å². The highest BCUT2D eigenvalue weighted by Crippen LogP contribution is 2.18. The summed E-state index contributed by atoms with van der Waals surface area (Å²) in [6, 6.07) is 7.25. The number of aromatic nitrogens is 1. The molecule has 1 saturated heterocycles. The number of hydrogen-bond donors (Lipinski definition) is 3. The molecule has 1 atom stereocenters. The highest BCUT2D eigenvalue weighted by Gasteiger charge is 2.20. The first kappa shape index (κ1) is 19.3. The number of rotatable bonds is 5. The van der Waals surface area contributed by atoms with Crippen LogP contribution in [-0.2, 0) is 16.0 Å². The fraction of sp³-hybridized carbons (Fsp3) is 0.444. The lowest BCUT2D eigenvalue weighted by Gasteiger charge is -2.27. The van der Waals surface area contributed by atoms with Gasteiger partial charge in [0.15, 0.2) is 0 Å². The summed E-state index contributed by atoms with van der Waals surface area (Å²) in [5.74, 6) is -0.312. The average Bonchev–Trinajstić information content (AvgIpc) is 3.03. The van der Waals surface area contributed by atoms with Gasteiger partial charge < -0.3 is 20.9 Å². The number of piperidine rings is 1. The molecule has 1 aliphatic rings. The van der Waals surface area contributed by atoms with Gasteiger partial charge in [-0.05, 0) is 37.3 Å². The standard InChI is InChI=1S/C18H24N4O2.ClH/c19-15(10-13-11-20-16-7-3-2-6-14(13)16)18(24)21-12-17(23)22-8-4-1-5-9-22;/h2-3,6-7,11,15,20H,1,4-5,8-10,12,19H2,(H,21,24);1H/t15-;/m0./s1. The van der Waals surface area contributed by atoms with E-state index in [2.05, 4.69) is 10.3 Å². The van der Waals surface area contributed by atoms with Crippen LogP contribution in [0.25, 0.3) is 10.9 Å². The number of nitrogens with two attached hydrogens (primary N) is 1. The van der Waals surface area contributed by atoms with Gasteiger partial charge in [0.1, 0.15) is 0 Å². The molecule has 7 heteroatoms. The second-order valence-corrected chi connectivity index (χ2v) is 6.33. The Morgan fingerprint density at radius 2 is 1.92 bits per heavy atom. The Kier molecular flexibility index (Phi) is 6.84. The molecular weight excluding hydrogens is 340 g/mol. The van der Waals surface area contributed by atoms with Gasteiger partial charge in [-0.25, -0.2) is 0 Å². The minimum absolute atomic E-state index is 0. The van der Waals surface area contributed by atoms with Crippen molar-refractivity contribution in [2.75, 3.05) is 19.6 Å². The molecule has 3 rings (SSSR count). The number of nitrogens with zero attached hydrogens (tertiary/aromatic N) is 1. The van der Waals surface area contributed by atoms with Crippen molar-refractivity contribution in [3.63, 3.8) is 0 Å². The van der Waals surface area contributed by atoms with Crippen molar-refractivity contribution in [3.8, 4) is 0 Å². The van der Waals surface area contributed by atoms with E-state index in [1.807, 2.05) is 35.4 Å². The number of carbonyl (C=O) groups is 2. The average molecular weight is 365 g/mol. The van der Waals surface area contributed by atoms with Crippen LogP contribution in [0.4, 0.5) is 0 Å². The number of fused-ring (bicyclic) bond motifs is 1. The Balaban J connectivity index is 0.00000225. The van der Waals surface area contributed by atoms with Gasteiger partial charge in [-0.1, -0.05) is 18.2 Å². The number of H-pyrrole nitrogens is 1. The largest absolute Gasteiger partial charge is 0.361 e. The van der Waals surface area contributed by atoms with Gasteiger partial charge >= 0.3 is 0 Å². The van der Waals surface area contributed by atoms with Gasteiger partial charge in [0.2, 0.25) is 11.8 Å². The molecule has 2 aromatic rings. The van der Waals surface area contributed by atoms with Crippen LogP contribution < -0.4 is 11.1 Å². The maximum Gasteiger partial charge on any atom is 0.241 e. The number of halogens is 1. The van der Waals surface area contributed by atoms with E-state index in [4.69, 9.17) is 5.73 Å². The second kappa shape index (κ2) is 8.87. The van der Waals surface area contributed by atoms with E-state index >= 15 is 0 Å². The highest BCUT2D eigenvalue weighted by molar-refractivity contribution is 5.89. The fourth-order valence-electron chi connectivity index (χ4n) is 3.18. The number of nitrogens with one attached hydrogen (secondary N) is 2. The smallest absolute Gasteiger partial charge is 0.241 e. The lowest BCUT2D eigenvalue weighted by atomic mass is 10.1. The number of amides is 2. The van der Waals surface area contributed by atoms with Gasteiger partial charge in [-0.2, -0.15) is 0 Å². The number of likely N-dealkylation sites (tertiary alicyclic amines) is 1. The van der Waals surface area contributed by atoms with Gasteiger partial charge in [-0.3, -0.25) is 9.59 Å². The minimum atomic E-state index is -0.668. The summed E-state index contributed by atoms with van der Waals surface area (Å²) in [6.45, 7) is 1.60. The summed E-state index contributed by atoms with van der Waals surface area (Å²) >= 11 is 0. The molecule has 4 N–H and O–H groups in total. The first-order valence-electron chi connectivity index (χ1n) is 8.51. The molecule has 136 valence electrons. The zero-order valence-corrected chi connectivity index (χ0v) is 15.0. The zero-order chi connectivity index (χ0) is 16.9. The second-order valence-electron chi connectivity index (χ2n) is 6.33. The van der Waals surface area contributed by atoms with E-state index < -0.39 is 6.04 Å². The number of carbonyl (C=O) groups excluding carboxylic acids is 2. The van der Waals surface area contributed by atoms with Crippen molar-refractivity contribution >= 4 is 35.1 Å². The van der Waals surface area contributed by atoms with Crippen LogP contribution in [0, 0.1) is 0 Å². The number of para-hydroxylation sites is 1. The van der Waals surface area contributed by atoms with E-state index in [1.165, 1.54) is 6.42 Å². The van der Waals surface area contributed by atoms with E-state index in [-0.39, 0.29) is 30.8 Å². The topological polar surface area (TPSA) is 91.2 Å². The summed E-state index contributed by atoms with van der Waals surface area (Å²) in [5.41, 5.74) is 8.05. The number of benzene rings is 1. The molecule has 0 saturated carbocycles.